The Balaban J connectivity index is 1.70. The van der Waals surface area contributed by atoms with Crippen molar-refractivity contribution < 1.29 is 9.53 Å². The average Bonchev–Trinajstić information content (AvgIpc) is 3.10. The van der Waals surface area contributed by atoms with Crippen molar-refractivity contribution in [3.8, 4) is 0 Å². The van der Waals surface area contributed by atoms with Crippen molar-refractivity contribution in [2.24, 2.45) is 5.73 Å². The Morgan fingerprint density at radius 1 is 1.43 bits per heavy atom. The second-order valence-electron chi connectivity index (χ2n) is 5.51. The summed E-state index contributed by atoms with van der Waals surface area (Å²) in [7, 11) is 0. The van der Waals surface area contributed by atoms with Crippen LogP contribution in [0.2, 0.25) is 0 Å². The third-order valence-electron chi connectivity index (χ3n) is 3.96. The Labute approximate surface area is 134 Å². The molecular formula is C16H21N5O2. The number of ether oxygens (including phenoxy) is 1. The Morgan fingerprint density at radius 2 is 2.22 bits per heavy atom. The molecule has 3 N–H and O–H groups in total. The maximum atomic E-state index is 12.6. The minimum atomic E-state index is -0.285. The molecule has 3 rings (SSSR count). The molecule has 0 spiro atoms. The molecule has 1 saturated heterocycles. The summed E-state index contributed by atoms with van der Waals surface area (Å²) in [5, 5.41) is 7.07. The molecule has 1 atom stereocenters. The van der Waals surface area contributed by atoms with E-state index in [-0.39, 0.29) is 12.0 Å². The van der Waals surface area contributed by atoms with Crippen LogP contribution in [0.15, 0.2) is 24.3 Å². The number of hydrogen-bond donors (Lipinski definition) is 2. The molecule has 0 saturated carbocycles. The average molecular weight is 315 g/mol. The first-order valence-corrected chi connectivity index (χ1v) is 7.82. The molecule has 0 bridgehead atoms. The number of carbonyl (C=O) groups excluding carboxylic acids is 1. The van der Waals surface area contributed by atoms with E-state index in [1.807, 2.05) is 31.2 Å². The van der Waals surface area contributed by atoms with E-state index in [0.29, 0.717) is 37.6 Å². The summed E-state index contributed by atoms with van der Waals surface area (Å²) in [6.45, 7) is 3.98. The Bertz CT molecular complexity index is 667. The Kier molecular flexibility index (Phi) is 4.68. The molecule has 1 fully saturated rings. The molecule has 7 nitrogen and oxygen atoms in total. The number of aryl methyl sites for hydroxylation is 1. The summed E-state index contributed by atoms with van der Waals surface area (Å²) in [6.07, 6.45) is 0.503. The van der Waals surface area contributed by atoms with Crippen molar-refractivity contribution in [1.82, 2.24) is 20.1 Å². The lowest BCUT2D eigenvalue weighted by Gasteiger charge is -2.31. The highest BCUT2D eigenvalue weighted by Gasteiger charge is 2.28. The zero-order valence-corrected chi connectivity index (χ0v) is 13.2. The normalized spacial score (nSPS) is 18.2. The van der Waals surface area contributed by atoms with E-state index in [0.717, 1.165) is 17.8 Å². The number of aromatic nitrogens is 3. The van der Waals surface area contributed by atoms with Crippen LogP contribution in [0.5, 0.6) is 0 Å². The van der Waals surface area contributed by atoms with E-state index in [4.69, 9.17) is 10.5 Å². The van der Waals surface area contributed by atoms with E-state index in [9.17, 15) is 4.79 Å². The molecule has 1 unspecified atom stereocenters. The molecule has 1 aliphatic heterocycles. The summed E-state index contributed by atoms with van der Waals surface area (Å²) in [4.78, 5) is 18.8. The lowest BCUT2D eigenvalue weighted by molar-refractivity contribution is -0.0266. The molecule has 122 valence electrons. The fraction of sp³-hybridized carbons (Fsp3) is 0.438. The molecule has 0 radical (unpaired) electrons. The number of morpholine rings is 1. The van der Waals surface area contributed by atoms with Crippen LogP contribution in [0.1, 0.15) is 40.6 Å². The highest BCUT2D eigenvalue weighted by Crippen LogP contribution is 2.21. The lowest BCUT2D eigenvalue weighted by Crippen LogP contribution is -2.42. The predicted octanol–water partition coefficient (Wildman–Crippen LogP) is 1.04. The van der Waals surface area contributed by atoms with Crippen molar-refractivity contribution >= 4 is 5.91 Å². The van der Waals surface area contributed by atoms with Gasteiger partial charge in [0.25, 0.3) is 5.91 Å². The number of rotatable bonds is 4. The second-order valence-corrected chi connectivity index (χ2v) is 5.51. The van der Waals surface area contributed by atoms with Gasteiger partial charge in [-0.3, -0.25) is 9.89 Å². The molecule has 23 heavy (non-hydrogen) atoms. The number of benzene rings is 1. The van der Waals surface area contributed by atoms with Gasteiger partial charge in [-0.25, -0.2) is 4.98 Å². The Morgan fingerprint density at radius 3 is 2.87 bits per heavy atom. The van der Waals surface area contributed by atoms with Gasteiger partial charge in [-0.2, -0.15) is 5.10 Å². The first-order chi connectivity index (χ1) is 11.2. The van der Waals surface area contributed by atoms with Gasteiger partial charge in [0.05, 0.1) is 13.2 Å². The minimum absolute atomic E-state index is 0.00637. The molecule has 1 aromatic carbocycles. The largest absolute Gasteiger partial charge is 0.366 e. The van der Waals surface area contributed by atoms with Crippen molar-refractivity contribution in [1.29, 1.82) is 0 Å². The maximum Gasteiger partial charge on any atom is 0.254 e. The number of aromatic amines is 1. The summed E-state index contributed by atoms with van der Waals surface area (Å²) >= 11 is 0. The van der Waals surface area contributed by atoms with E-state index >= 15 is 0 Å². The van der Waals surface area contributed by atoms with E-state index in [1.54, 1.807) is 4.90 Å². The van der Waals surface area contributed by atoms with Gasteiger partial charge in [0.2, 0.25) is 0 Å². The maximum absolute atomic E-state index is 12.6. The predicted molar refractivity (Wildman–Crippen MR) is 84.7 cm³/mol. The highest BCUT2D eigenvalue weighted by molar-refractivity contribution is 5.94. The number of nitrogens with one attached hydrogen (secondary N) is 1. The second kappa shape index (κ2) is 6.89. The van der Waals surface area contributed by atoms with Gasteiger partial charge >= 0.3 is 0 Å². The van der Waals surface area contributed by atoms with Crippen LogP contribution < -0.4 is 5.73 Å². The monoisotopic (exact) mass is 315 g/mol. The Hall–Kier alpha value is -2.25. The third kappa shape index (κ3) is 3.40. The van der Waals surface area contributed by atoms with Gasteiger partial charge in [0.1, 0.15) is 11.9 Å². The number of carbonyl (C=O) groups is 1. The number of hydrogen-bond acceptors (Lipinski definition) is 5. The zero-order valence-electron chi connectivity index (χ0n) is 13.2. The van der Waals surface area contributed by atoms with Gasteiger partial charge in [0.15, 0.2) is 5.82 Å². The van der Waals surface area contributed by atoms with E-state index in [2.05, 4.69) is 15.2 Å². The van der Waals surface area contributed by atoms with Gasteiger partial charge < -0.3 is 15.4 Å². The molecule has 1 aromatic heterocycles. The molecule has 2 heterocycles. The summed E-state index contributed by atoms with van der Waals surface area (Å²) in [6, 6.07) is 7.40. The van der Waals surface area contributed by atoms with Gasteiger partial charge in [-0.15, -0.1) is 0 Å². The van der Waals surface area contributed by atoms with Crippen molar-refractivity contribution in [3.05, 3.63) is 47.0 Å². The van der Waals surface area contributed by atoms with E-state index in [1.165, 1.54) is 0 Å². The highest BCUT2D eigenvalue weighted by atomic mass is 16.5. The fourth-order valence-corrected chi connectivity index (χ4v) is 2.57. The molecule has 0 aliphatic carbocycles. The van der Waals surface area contributed by atoms with Crippen LogP contribution in [-0.2, 0) is 17.7 Å². The van der Waals surface area contributed by atoms with Crippen LogP contribution in [0.25, 0.3) is 0 Å². The molecule has 1 aliphatic rings. The van der Waals surface area contributed by atoms with Crippen LogP contribution in [0.3, 0.4) is 0 Å². The standard InChI is InChI=1S/C16H21N5O2/c1-2-14-18-15(20-19-14)13-10-21(7-8-23-13)16(22)12-5-3-11(9-17)4-6-12/h3-6,13H,2,7-10,17H2,1H3,(H,18,19,20). The summed E-state index contributed by atoms with van der Waals surface area (Å²) < 4.78 is 5.72. The zero-order chi connectivity index (χ0) is 16.2. The van der Waals surface area contributed by atoms with Crippen LogP contribution in [-0.4, -0.2) is 45.7 Å². The first kappa shape index (κ1) is 15.6. The number of nitrogens with two attached hydrogens (primary N) is 1. The molecule has 1 amide bonds. The minimum Gasteiger partial charge on any atom is -0.366 e. The number of amides is 1. The SMILES string of the molecule is CCc1nc(C2CN(C(=O)c3ccc(CN)cc3)CCO2)n[nH]1. The van der Waals surface area contributed by atoms with Gasteiger partial charge in [-0.1, -0.05) is 19.1 Å². The third-order valence-corrected chi connectivity index (χ3v) is 3.96. The van der Waals surface area contributed by atoms with Gasteiger partial charge in [0, 0.05) is 25.1 Å². The van der Waals surface area contributed by atoms with Gasteiger partial charge in [-0.05, 0) is 17.7 Å². The van der Waals surface area contributed by atoms with Crippen molar-refractivity contribution in [3.63, 3.8) is 0 Å². The number of nitrogens with zero attached hydrogens (tertiary/aromatic N) is 3. The van der Waals surface area contributed by atoms with Crippen LogP contribution in [0, 0.1) is 0 Å². The topological polar surface area (TPSA) is 97.1 Å². The number of H-pyrrole nitrogens is 1. The quantitative estimate of drug-likeness (QED) is 0.878. The van der Waals surface area contributed by atoms with E-state index < -0.39 is 0 Å². The summed E-state index contributed by atoms with van der Waals surface area (Å²) in [5.74, 6) is 1.43. The smallest absolute Gasteiger partial charge is 0.254 e. The summed E-state index contributed by atoms with van der Waals surface area (Å²) in [5.41, 5.74) is 7.25. The van der Waals surface area contributed by atoms with Crippen LogP contribution >= 0.6 is 0 Å². The van der Waals surface area contributed by atoms with Crippen molar-refractivity contribution in [2.45, 2.75) is 26.0 Å². The molecule has 2 aromatic rings. The molecule has 7 heteroatoms. The fourth-order valence-electron chi connectivity index (χ4n) is 2.57. The van der Waals surface area contributed by atoms with Crippen molar-refractivity contribution in [2.75, 3.05) is 19.7 Å². The lowest BCUT2D eigenvalue weighted by atomic mass is 10.1. The van der Waals surface area contributed by atoms with Crippen LogP contribution in [0.4, 0.5) is 0 Å². The first-order valence-electron chi connectivity index (χ1n) is 7.82. The molecular weight excluding hydrogens is 294 g/mol.